The van der Waals surface area contributed by atoms with Crippen LogP contribution in [0.4, 0.5) is 14.5 Å². The zero-order valence-electron chi connectivity index (χ0n) is 18.1. The van der Waals surface area contributed by atoms with E-state index in [0.717, 1.165) is 17.7 Å². The Kier molecular flexibility index (Phi) is 8.70. The number of carbonyl (C=O) groups excluding carboxylic acids is 2. The molecular weight excluding hydrogens is 418 g/mol. The summed E-state index contributed by atoms with van der Waals surface area (Å²) in [6.45, 7) is 4.73. The lowest BCUT2D eigenvalue weighted by molar-refractivity contribution is -0.121. The first-order valence-corrected chi connectivity index (χ1v) is 10.8. The van der Waals surface area contributed by atoms with Gasteiger partial charge in [0, 0.05) is 37.4 Å². The zero-order chi connectivity index (χ0) is 22.9. The molecule has 6 nitrogen and oxygen atoms in total. The molecule has 32 heavy (non-hydrogen) atoms. The van der Waals surface area contributed by atoms with Crippen molar-refractivity contribution in [3.63, 3.8) is 0 Å². The molecule has 1 N–H and O–H groups in total. The van der Waals surface area contributed by atoms with Crippen molar-refractivity contribution in [2.24, 2.45) is 5.92 Å². The molecule has 2 amide bonds. The van der Waals surface area contributed by atoms with E-state index in [2.05, 4.69) is 5.32 Å². The second-order valence-electron chi connectivity index (χ2n) is 7.63. The highest BCUT2D eigenvalue weighted by Gasteiger charge is 2.29. The number of nitrogens with one attached hydrogen (secondary N) is 1. The smallest absolute Gasteiger partial charge is 0.256 e. The zero-order valence-corrected chi connectivity index (χ0v) is 18.1. The number of halogens is 2. The van der Waals surface area contributed by atoms with Crippen molar-refractivity contribution < 1.29 is 27.8 Å². The second kappa shape index (κ2) is 11.7. The minimum absolute atomic E-state index is 0.112. The third kappa shape index (κ3) is 6.58. The molecule has 0 unspecified atom stereocenters. The fraction of sp³-hybridized carbons (Fsp3) is 0.417. The third-order valence-corrected chi connectivity index (χ3v) is 5.35. The van der Waals surface area contributed by atoms with Crippen LogP contribution in [0.2, 0.25) is 0 Å². The van der Waals surface area contributed by atoms with Gasteiger partial charge in [0.2, 0.25) is 5.91 Å². The molecule has 0 aromatic heterocycles. The van der Waals surface area contributed by atoms with Crippen LogP contribution in [0, 0.1) is 17.6 Å². The summed E-state index contributed by atoms with van der Waals surface area (Å²) in [6.07, 6.45) is 0.946. The molecule has 0 saturated carbocycles. The van der Waals surface area contributed by atoms with Crippen LogP contribution in [0.25, 0.3) is 0 Å². The van der Waals surface area contributed by atoms with Gasteiger partial charge >= 0.3 is 0 Å². The van der Waals surface area contributed by atoms with Crippen molar-refractivity contribution in [2.45, 2.75) is 26.4 Å². The summed E-state index contributed by atoms with van der Waals surface area (Å²) in [5, 5.41) is 2.93. The quantitative estimate of drug-likeness (QED) is 0.591. The number of likely N-dealkylation sites (tertiary alicyclic amines) is 1. The highest BCUT2D eigenvalue weighted by molar-refractivity contribution is 5.95. The maximum absolute atomic E-state index is 13.9. The average molecular weight is 446 g/mol. The number of ether oxygens (including phenoxy) is 2. The van der Waals surface area contributed by atoms with Gasteiger partial charge < -0.3 is 19.7 Å². The SMILES string of the molecule is CCOCCOCc1cccc(NC(=O)C2CCN(C(=O)c3ccc(F)cc3F)CC2)c1. The number of amides is 2. The van der Waals surface area contributed by atoms with Gasteiger partial charge in [-0.3, -0.25) is 9.59 Å². The minimum atomic E-state index is -0.878. The van der Waals surface area contributed by atoms with Gasteiger partial charge in [0.25, 0.3) is 5.91 Å². The highest BCUT2D eigenvalue weighted by Crippen LogP contribution is 2.22. The summed E-state index contributed by atoms with van der Waals surface area (Å²) in [6, 6.07) is 10.4. The molecule has 1 aliphatic rings. The Hall–Kier alpha value is -2.84. The van der Waals surface area contributed by atoms with Crippen molar-refractivity contribution in [2.75, 3.05) is 38.2 Å². The molecule has 1 saturated heterocycles. The first-order valence-electron chi connectivity index (χ1n) is 10.8. The van der Waals surface area contributed by atoms with Crippen LogP contribution in [0.3, 0.4) is 0 Å². The summed E-state index contributed by atoms with van der Waals surface area (Å²) in [5.74, 6) is -2.45. The average Bonchev–Trinajstić information content (AvgIpc) is 2.79. The summed E-state index contributed by atoms with van der Waals surface area (Å²) in [5.41, 5.74) is 1.48. The van der Waals surface area contributed by atoms with Crippen molar-refractivity contribution in [1.29, 1.82) is 0 Å². The molecule has 1 fully saturated rings. The van der Waals surface area contributed by atoms with E-state index in [1.807, 2.05) is 31.2 Å². The van der Waals surface area contributed by atoms with E-state index in [9.17, 15) is 18.4 Å². The number of carbonyl (C=O) groups is 2. The van der Waals surface area contributed by atoms with Crippen molar-refractivity contribution >= 4 is 17.5 Å². The summed E-state index contributed by atoms with van der Waals surface area (Å²) in [4.78, 5) is 26.7. The summed E-state index contributed by atoms with van der Waals surface area (Å²) >= 11 is 0. The van der Waals surface area contributed by atoms with Crippen molar-refractivity contribution in [1.82, 2.24) is 4.90 Å². The fourth-order valence-electron chi connectivity index (χ4n) is 3.61. The Morgan fingerprint density at radius 2 is 1.81 bits per heavy atom. The molecule has 2 aromatic carbocycles. The van der Waals surface area contributed by atoms with Crippen LogP contribution in [0.5, 0.6) is 0 Å². The van der Waals surface area contributed by atoms with Gasteiger partial charge in [-0.15, -0.1) is 0 Å². The largest absolute Gasteiger partial charge is 0.379 e. The highest BCUT2D eigenvalue weighted by atomic mass is 19.1. The molecule has 0 atom stereocenters. The van der Waals surface area contributed by atoms with E-state index in [4.69, 9.17) is 9.47 Å². The maximum Gasteiger partial charge on any atom is 0.256 e. The summed E-state index contributed by atoms with van der Waals surface area (Å²) in [7, 11) is 0. The Morgan fingerprint density at radius 1 is 1.06 bits per heavy atom. The van der Waals surface area contributed by atoms with Crippen LogP contribution in [0.1, 0.15) is 35.7 Å². The number of hydrogen-bond acceptors (Lipinski definition) is 4. The number of rotatable bonds is 9. The first-order chi connectivity index (χ1) is 15.5. The topological polar surface area (TPSA) is 67.9 Å². The van der Waals surface area contributed by atoms with Crippen molar-refractivity contribution in [3.8, 4) is 0 Å². The molecule has 1 heterocycles. The van der Waals surface area contributed by atoms with Crippen LogP contribution in [0.15, 0.2) is 42.5 Å². The van der Waals surface area contributed by atoms with Crippen LogP contribution >= 0.6 is 0 Å². The molecule has 2 aromatic rings. The summed E-state index contributed by atoms with van der Waals surface area (Å²) < 4.78 is 37.8. The Morgan fingerprint density at radius 3 is 2.53 bits per heavy atom. The molecule has 0 bridgehead atoms. The predicted molar refractivity (Wildman–Crippen MR) is 116 cm³/mol. The van der Waals surface area contributed by atoms with Crippen molar-refractivity contribution in [3.05, 3.63) is 65.2 Å². The molecule has 0 aliphatic carbocycles. The predicted octanol–water partition coefficient (Wildman–Crippen LogP) is 4.01. The molecule has 1 aliphatic heterocycles. The van der Waals surface area contributed by atoms with E-state index in [1.165, 1.54) is 4.90 Å². The standard InChI is InChI=1S/C24H28F2N2O4/c1-2-31-12-13-32-16-17-4-3-5-20(14-17)27-23(29)18-8-10-28(11-9-18)24(30)21-7-6-19(25)15-22(21)26/h3-7,14-15,18H,2,8-13,16H2,1H3,(H,27,29). The number of benzene rings is 2. The van der Waals surface area contributed by atoms with Crippen LogP contribution in [-0.2, 0) is 20.9 Å². The van der Waals surface area contributed by atoms with E-state index in [-0.39, 0.29) is 17.4 Å². The van der Waals surface area contributed by atoms with Gasteiger partial charge in [-0.25, -0.2) is 8.78 Å². The second-order valence-corrected chi connectivity index (χ2v) is 7.63. The number of nitrogens with zero attached hydrogens (tertiary/aromatic N) is 1. The lowest BCUT2D eigenvalue weighted by Crippen LogP contribution is -2.41. The number of hydrogen-bond donors (Lipinski definition) is 1. The molecule has 0 radical (unpaired) electrons. The Balaban J connectivity index is 1.48. The van der Waals surface area contributed by atoms with Gasteiger partial charge in [-0.2, -0.15) is 0 Å². The van der Waals surface area contributed by atoms with E-state index >= 15 is 0 Å². The van der Waals surface area contributed by atoms with Crippen LogP contribution < -0.4 is 5.32 Å². The maximum atomic E-state index is 13.9. The molecule has 3 rings (SSSR count). The first kappa shape index (κ1) is 23.8. The normalized spacial score (nSPS) is 14.4. The van der Waals surface area contributed by atoms with Gasteiger partial charge in [-0.1, -0.05) is 12.1 Å². The minimum Gasteiger partial charge on any atom is -0.379 e. The Labute approximate surface area is 186 Å². The molecular formula is C24H28F2N2O4. The van der Waals surface area contributed by atoms with E-state index < -0.39 is 17.5 Å². The number of piperidine rings is 1. The van der Waals surface area contributed by atoms with Gasteiger partial charge in [0.15, 0.2) is 0 Å². The third-order valence-electron chi connectivity index (χ3n) is 5.35. The van der Waals surface area contributed by atoms with E-state index in [1.54, 1.807) is 0 Å². The van der Waals surface area contributed by atoms with E-state index in [0.29, 0.717) is 64.1 Å². The van der Waals surface area contributed by atoms with Gasteiger partial charge in [0.05, 0.1) is 25.4 Å². The molecule has 0 spiro atoms. The van der Waals surface area contributed by atoms with Gasteiger partial charge in [0.1, 0.15) is 11.6 Å². The lowest BCUT2D eigenvalue weighted by atomic mass is 9.95. The van der Waals surface area contributed by atoms with Gasteiger partial charge in [-0.05, 0) is 49.6 Å². The lowest BCUT2D eigenvalue weighted by Gasteiger charge is -2.31. The Bertz CT molecular complexity index is 930. The molecule has 172 valence electrons. The molecule has 8 heteroatoms. The monoisotopic (exact) mass is 446 g/mol. The number of anilines is 1. The fourth-order valence-corrected chi connectivity index (χ4v) is 3.61. The van der Waals surface area contributed by atoms with Crippen LogP contribution in [-0.4, -0.2) is 49.6 Å².